The molecule has 8 nitrogen and oxygen atoms in total. The van der Waals surface area contributed by atoms with Crippen LogP contribution < -0.4 is 0 Å². The summed E-state index contributed by atoms with van der Waals surface area (Å²) in [5, 5.41) is 0. The lowest BCUT2D eigenvalue weighted by Crippen LogP contribution is -2.29. The lowest BCUT2D eigenvalue weighted by atomic mass is 10.0. The summed E-state index contributed by atoms with van der Waals surface area (Å²) < 4.78 is 32.9. The molecule has 0 aromatic carbocycles. The number of phosphoric ester groups is 1. The van der Waals surface area contributed by atoms with E-state index in [1.807, 2.05) is 0 Å². The number of hydrogen-bond donors (Lipinski definition) is 1. The molecule has 0 amide bonds. The second-order valence-electron chi connectivity index (χ2n) is 19.0. The molecule has 63 heavy (non-hydrogen) atoms. The van der Waals surface area contributed by atoms with E-state index in [2.05, 4.69) is 13.8 Å². The highest BCUT2D eigenvalue weighted by Crippen LogP contribution is 2.43. The summed E-state index contributed by atoms with van der Waals surface area (Å²) in [5.74, 6) is -0.772. The van der Waals surface area contributed by atoms with Gasteiger partial charge in [0.1, 0.15) is 6.61 Å². The van der Waals surface area contributed by atoms with E-state index < -0.39 is 19.9 Å². The molecule has 0 saturated carbocycles. The highest BCUT2D eigenvalue weighted by molar-refractivity contribution is 7.47. The van der Waals surface area contributed by atoms with E-state index >= 15 is 0 Å². The van der Waals surface area contributed by atoms with Crippen molar-refractivity contribution in [3.63, 3.8) is 0 Å². The number of carbonyl (C=O) groups excluding carboxylic acids is 2. The summed E-state index contributed by atoms with van der Waals surface area (Å²) in [4.78, 5) is 35.0. The topological polar surface area (TPSA) is 108 Å². The van der Waals surface area contributed by atoms with Crippen molar-refractivity contribution in [2.75, 3.05) is 19.8 Å². The Bertz CT molecular complexity index is 993. The van der Waals surface area contributed by atoms with Crippen LogP contribution in [-0.4, -0.2) is 42.8 Å². The Hall–Kier alpha value is -0.950. The van der Waals surface area contributed by atoms with Crippen molar-refractivity contribution in [3.05, 3.63) is 0 Å². The number of esters is 2. The normalized spacial score (nSPS) is 13.0. The van der Waals surface area contributed by atoms with Crippen molar-refractivity contribution >= 4 is 19.8 Å². The lowest BCUT2D eigenvalue weighted by molar-refractivity contribution is -0.161. The Balaban J connectivity index is 3.86. The molecule has 0 radical (unpaired) electrons. The zero-order valence-corrected chi connectivity index (χ0v) is 43.2. The first-order chi connectivity index (χ1) is 30.8. The highest BCUT2D eigenvalue weighted by atomic mass is 31.2. The number of carbonyl (C=O) groups is 2. The van der Waals surface area contributed by atoms with Crippen LogP contribution >= 0.6 is 7.82 Å². The maximum absolute atomic E-state index is 12.7. The fraction of sp³-hybridized carbons (Fsp3) is 0.963. The zero-order chi connectivity index (χ0) is 46.0. The standard InChI is InChI=1S/C54H107O8P/c1-4-7-9-11-13-15-17-19-21-23-25-26-27-28-29-31-33-35-37-39-41-43-45-47-49-54(56)62-52(51-61-63(57,58)60-6-3)50-59-53(55)48-46-44-42-40-38-36-34-32-30-24-22-20-18-16-14-12-10-8-5-2/h52H,4-51H2,1-3H3,(H,57,58). The van der Waals surface area contributed by atoms with Gasteiger partial charge in [0.15, 0.2) is 6.10 Å². The molecule has 0 fully saturated rings. The molecular formula is C54H107O8P. The zero-order valence-electron chi connectivity index (χ0n) is 42.3. The minimum Gasteiger partial charge on any atom is -0.462 e. The SMILES string of the molecule is CCCCCCCCCCCCCCCCCCCCCCCCCCC(=O)OC(COC(=O)CCCCCCCCCCCCCCCCCCCCC)COP(=O)(O)OCC. The van der Waals surface area contributed by atoms with Crippen LogP contribution in [0.1, 0.15) is 310 Å². The minimum absolute atomic E-state index is 0.00617. The van der Waals surface area contributed by atoms with Crippen molar-refractivity contribution in [2.45, 2.75) is 316 Å². The average Bonchev–Trinajstić information content (AvgIpc) is 3.26. The van der Waals surface area contributed by atoms with E-state index in [9.17, 15) is 19.0 Å². The Morgan fingerprint density at radius 3 is 0.889 bits per heavy atom. The predicted molar refractivity (Wildman–Crippen MR) is 267 cm³/mol. The molecule has 9 heteroatoms. The van der Waals surface area contributed by atoms with E-state index in [0.29, 0.717) is 6.42 Å². The Morgan fingerprint density at radius 1 is 0.365 bits per heavy atom. The summed E-state index contributed by atoms with van der Waals surface area (Å²) in [5.41, 5.74) is 0. The van der Waals surface area contributed by atoms with Gasteiger partial charge in [0.25, 0.3) is 0 Å². The fourth-order valence-electron chi connectivity index (χ4n) is 8.58. The summed E-state index contributed by atoms with van der Waals surface area (Å²) in [6, 6.07) is 0. The molecule has 0 rings (SSSR count). The van der Waals surface area contributed by atoms with Crippen LogP contribution in [0.5, 0.6) is 0 Å². The smallest absolute Gasteiger partial charge is 0.462 e. The van der Waals surface area contributed by atoms with Crippen molar-refractivity contribution < 1.29 is 37.6 Å². The van der Waals surface area contributed by atoms with Crippen LogP contribution in [0.4, 0.5) is 0 Å². The van der Waals surface area contributed by atoms with Crippen LogP contribution in [0.2, 0.25) is 0 Å². The van der Waals surface area contributed by atoms with Gasteiger partial charge in [-0.05, 0) is 19.8 Å². The summed E-state index contributed by atoms with van der Waals surface area (Å²) in [6.07, 6.45) is 56.1. The molecule has 0 bridgehead atoms. The third kappa shape index (κ3) is 50.3. The van der Waals surface area contributed by atoms with Gasteiger partial charge in [0.2, 0.25) is 0 Å². The van der Waals surface area contributed by atoms with Crippen molar-refractivity contribution in [3.8, 4) is 0 Å². The first-order valence-electron chi connectivity index (χ1n) is 27.8. The quantitative estimate of drug-likeness (QED) is 0.0365. The van der Waals surface area contributed by atoms with Gasteiger partial charge in [0.05, 0.1) is 13.2 Å². The molecule has 1 N–H and O–H groups in total. The monoisotopic (exact) mass is 915 g/mol. The van der Waals surface area contributed by atoms with Crippen LogP contribution in [0.25, 0.3) is 0 Å². The maximum Gasteiger partial charge on any atom is 0.472 e. The first-order valence-corrected chi connectivity index (χ1v) is 29.3. The molecule has 0 saturated heterocycles. The van der Waals surface area contributed by atoms with Gasteiger partial charge in [-0.2, -0.15) is 0 Å². The third-order valence-electron chi connectivity index (χ3n) is 12.7. The van der Waals surface area contributed by atoms with Gasteiger partial charge in [-0.3, -0.25) is 18.6 Å². The fourth-order valence-corrected chi connectivity index (χ4v) is 9.33. The van der Waals surface area contributed by atoms with Crippen LogP contribution in [-0.2, 0) is 32.7 Å². The molecule has 0 spiro atoms. The molecule has 2 atom stereocenters. The van der Waals surface area contributed by atoms with Crippen LogP contribution in [0.15, 0.2) is 0 Å². The van der Waals surface area contributed by atoms with E-state index in [-0.39, 0.29) is 32.2 Å². The van der Waals surface area contributed by atoms with Gasteiger partial charge in [-0.25, -0.2) is 4.57 Å². The molecule has 0 heterocycles. The van der Waals surface area contributed by atoms with Gasteiger partial charge in [-0.1, -0.05) is 277 Å². The lowest BCUT2D eigenvalue weighted by Gasteiger charge is -2.19. The molecule has 2 unspecified atom stereocenters. The largest absolute Gasteiger partial charge is 0.472 e. The molecule has 0 aromatic heterocycles. The van der Waals surface area contributed by atoms with Gasteiger partial charge < -0.3 is 14.4 Å². The van der Waals surface area contributed by atoms with Crippen molar-refractivity contribution in [2.24, 2.45) is 0 Å². The van der Waals surface area contributed by atoms with Crippen LogP contribution in [0.3, 0.4) is 0 Å². The predicted octanol–water partition coefficient (Wildman–Crippen LogP) is 18.2. The molecular weight excluding hydrogens is 808 g/mol. The minimum atomic E-state index is -4.28. The third-order valence-corrected chi connectivity index (χ3v) is 13.7. The number of hydrogen-bond acceptors (Lipinski definition) is 7. The highest BCUT2D eigenvalue weighted by Gasteiger charge is 2.25. The molecule has 0 aromatic rings. The summed E-state index contributed by atoms with van der Waals surface area (Å²) >= 11 is 0. The average molecular weight is 915 g/mol. The Labute approximate surface area is 391 Å². The second kappa shape index (κ2) is 50.5. The second-order valence-corrected chi connectivity index (χ2v) is 20.4. The van der Waals surface area contributed by atoms with E-state index in [1.165, 1.54) is 238 Å². The molecule has 0 aliphatic heterocycles. The van der Waals surface area contributed by atoms with E-state index in [0.717, 1.165) is 38.5 Å². The first kappa shape index (κ1) is 62.1. The number of rotatable bonds is 53. The van der Waals surface area contributed by atoms with Crippen molar-refractivity contribution in [1.29, 1.82) is 0 Å². The van der Waals surface area contributed by atoms with Crippen molar-refractivity contribution in [1.82, 2.24) is 0 Å². The van der Waals surface area contributed by atoms with Gasteiger partial charge >= 0.3 is 19.8 Å². The van der Waals surface area contributed by atoms with Crippen LogP contribution in [0, 0.1) is 0 Å². The summed E-state index contributed by atoms with van der Waals surface area (Å²) in [6.45, 7) is 5.57. The molecule has 0 aliphatic carbocycles. The van der Waals surface area contributed by atoms with E-state index in [1.54, 1.807) is 6.92 Å². The summed E-state index contributed by atoms with van der Waals surface area (Å²) in [7, 11) is -4.28. The van der Waals surface area contributed by atoms with E-state index in [4.69, 9.17) is 18.5 Å². The maximum atomic E-state index is 12.7. The molecule has 376 valence electrons. The Morgan fingerprint density at radius 2 is 0.619 bits per heavy atom. The number of phosphoric acid groups is 1. The Kier molecular flexibility index (Phi) is 49.7. The van der Waals surface area contributed by atoms with Gasteiger partial charge in [0, 0.05) is 12.8 Å². The van der Waals surface area contributed by atoms with Gasteiger partial charge in [-0.15, -0.1) is 0 Å². The number of unbranched alkanes of at least 4 members (excludes halogenated alkanes) is 41. The molecule has 0 aliphatic rings. The number of ether oxygens (including phenoxy) is 2.